The maximum atomic E-state index is 13.1. The molecule has 0 spiro atoms. The predicted octanol–water partition coefficient (Wildman–Crippen LogP) is 0.366. The Balaban J connectivity index is 2.26. The molecule has 4 nitrogen and oxygen atoms in total. The Kier molecular flexibility index (Phi) is 1.94. The van der Waals surface area contributed by atoms with Gasteiger partial charge < -0.3 is 10.1 Å². The number of hydrogen-bond donors (Lipinski definition) is 1. The molecule has 1 aliphatic rings. The Labute approximate surface area is 73.7 Å². The summed E-state index contributed by atoms with van der Waals surface area (Å²) in [7, 11) is 0. The Morgan fingerprint density at radius 3 is 3.15 bits per heavy atom. The van der Waals surface area contributed by atoms with Crippen LogP contribution in [0, 0.1) is 5.82 Å². The fourth-order valence-electron chi connectivity index (χ4n) is 1.13. The van der Waals surface area contributed by atoms with Gasteiger partial charge >= 0.3 is 0 Å². The normalized spacial score (nSPS) is 21.6. The second-order valence-electron chi connectivity index (χ2n) is 2.63. The van der Waals surface area contributed by atoms with Crippen LogP contribution < -0.4 is 5.32 Å². The molecule has 1 atom stereocenters. The maximum Gasteiger partial charge on any atom is 0.248 e. The molecule has 1 saturated heterocycles. The summed E-state index contributed by atoms with van der Waals surface area (Å²) in [5, 5.41) is 2.45. The highest BCUT2D eigenvalue weighted by molar-refractivity contribution is 5.79. The number of nitrogens with zero attached hydrogens (tertiary/aromatic N) is 1. The average molecular weight is 182 g/mol. The third-order valence-corrected chi connectivity index (χ3v) is 1.71. The Morgan fingerprint density at radius 1 is 1.69 bits per heavy atom. The monoisotopic (exact) mass is 182 g/mol. The zero-order valence-electron chi connectivity index (χ0n) is 6.66. The van der Waals surface area contributed by atoms with Crippen molar-refractivity contribution in [3.8, 4) is 0 Å². The van der Waals surface area contributed by atoms with Crippen molar-refractivity contribution in [2.45, 2.75) is 6.23 Å². The second-order valence-corrected chi connectivity index (χ2v) is 2.63. The minimum absolute atomic E-state index is 0.0410. The minimum Gasteiger partial charge on any atom is -0.343 e. The van der Waals surface area contributed by atoms with Gasteiger partial charge in [-0.1, -0.05) is 0 Å². The Hall–Kier alpha value is -1.49. The van der Waals surface area contributed by atoms with Crippen molar-refractivity contribution in [2.24, 2.45) is 0 Å². The van der Waals surface area contributed by atoms with Crippen molar-refractivity contribution in [1.82, 2.24) is 10.3 Å². The van der Waals surface area contributed by atoms with E-state index in [1.165, 1.54) is 18.3 Å². The van der Waals surface area contributed by atoms with Crippen LogP contribution in [0.3, 0.4) is 0 Å². The molecule has 1 aromatic heterocycles. The fourth-order valence-corrected chi connectivity index (χ4v) is 1.13. The van der Waals surface area contributed by atoms with Gasteiger partial charge in [-0.05, 0) is 12.1 Å². The molecule has 68 valence electrons. The molecule has 5 heteroatoms. The molecule has 0 aromatic carbocycles. The first kappa shape index (κ1) is 8.12. The van der Waals surface area contributed by atoms with Gasteiger partial charge in [-0.15, -0.1) is 0 Å². The molecule has 1 aliphatic heterocycles. The average Bonchev–Trinajstić information content (AvgIpc) is 2.53. The quantitative estimate of drug-likeness (QED) is 0.682. The number of rotatable bonds is 1. The van der Waals surface area contributed by atoms with Gasteiger partial charge in [0, 0.05) is 6.20 Å². The molecule has 0 bridgehead atoms. The summed E-state index contributed by atoms with van der Waals surface area (Å²) >= 11 is 0. The first-order chi connectivity index (χ1) is 6.27. The summed E-state index contributed by atoms with van der Waals surface area (Å²) in [6.07, 6.45) is 0.709. The van der Waals surface area contributed by atoms with Gasteiger partial charge in [0.2, 0.25) is 5.91 Å². The molecular formula is C8H7FN2O2. The first-order valence-electron chi connectivity index (χ1n) is 3.79. The molecule has 1 amide bonds. The number of amides is 1. The minimum atomic E-state index is -0.742. The van der Waals surface area contributed by atoms with Crippen LogP contribution in [0.4, 0.5) is 4.39 Å². The standard InChI is InChI=1S/C8H7FN2O2/c9-5-2-1-3-10-7(5)8-11-6(12)4-13-8/h1-3,8H,4H2,(H,11,12). The topological polar surface area (TPSA) is 51.2 Å². The van der Waals surface area contributed by atoms with Crippen molar-refractivity contribution in [3.05, 3.63) is 29.8 Å². The van der Waals surface area contributed by atoms with E-state index in [9.17, 15) is 9.18 Å². The maximum absolute atomic E-state index is 13.1. The zero-order valence-corrected chi connectivity index (χ0v) is 6.66. The zero-order chi connectivity index (χ0) is 9.26. The van der Waals surface area contributed by atoms with Crippen LogP contribution in [-0.4, -0.2) is 17.5 Å². The van der Waals surface area contributed by atoms with Gasteiger partial charge in [-0.3, -0.25) is 9.78 Å². The fraction of sp³-hybridized carbons (Fsp3) is 0.250. The van der Waals surface area contributed by atoms with Crippen molar-refractivity contribution in [2.75, 3.05) is 6.61 Å². The number of aromatic nitrogens is 1. The molecule has 0 saturated carbocycles. The molecule has 0 aliphatic carbocycles. The number of carbonyl (C=O) groups excluding carboxylic acids is 1. The van der Waals surface area contributed by atoms with Crippen LogP contribution >= 0.6 is 0 Å². The molecule has 1 aromatic rings. The van der Waals surface area contributed by atoms with Crippen LogP contribution in [0.2, 0.25) is 0 Å². The molecule has 2 rings (SSSR count). The molecule has 1 unspecified atom stereocenters. The van der Waals surface area contributed by atoms with Crippen LogP contribution in [0.5, 0.6) is 0 Å². The van der Waals surface area contributed by atoms with E-state index in [0.717, 1.165) is 0 Å². The molecule has 2 heterocycles. The van der Waals surface area contributed by atoms with E-state index < -0.39 is 12.0 Å². The third-order valence-electron chi connectivity index (χ3n) is 1.71. The van der Waals surface area contributed by atoms with E-state index >= 15 is 0 Å². The van der Waals surface area contributed by atoms with Crippen LogP contribution in [0.15, 0.2) is 18.3 Å². The SMILES string of the molecule is O=C1COC(c2ncccc2F)N1. The van der Waals surface area contributed by atoms with Gasteiger partial charge in [0.15, 0.2) is 6.23 Å². The predicted molar refractivity (Wildman–Crippen MR) is 41.0 cm³/mol. The van der Waals surface area contributed by atoms with Gasteiger partial charge in [0.1, 0.15) is 18.1 Å². The van der Waals surface area contributed by atoms with Gasteiger partial charge in [-0.2, -0.15) is 0 Å². The highest BCUT2D eigenvalue weighted by Gasteiger charge is 2.26. The lowest BCUT2D eigenvalue weighted by Gasteiger charge is -2.08. The number of ether oxygens (including phenoxy) is 1. The third kappa shape index (κ3) is 1.50. The van der Waals surface area contributed by atoms with Crippen LogP contribution in [0.25, 0.3) is 0 Å². The lowest BCUT2D eigenvalue weighted by Crippen LogP contribution is -2.21. The van der Waals surface area contributed by atoms with E-state index in [4.69, 9.17) is 4.74 Å². The smallest absolute Gasteiger partial charge is 0.248 e. The Morgan fingerprint density at radius 2 is 2.54 bits per heavy atom. The molecule has 1 N–H and O–H groups in total. The number of pyridine rings is 1. The van der Waals surface area contributed by atoms with Gasteiger partial charge in [0.25, 0.3) is 0 Å². The second kappa shape index (κ2) is 3.10. The van der Waals surface area contributed by atoms with E-state index in [-0.39, 0.29) is 18.2 Å². The van der Waals surface area contributed by atoms with E-state index in [0.29, 0.717) is 0 Å². The first-order valence-corrected chi connectivity index (χ1v) is 3.79. The molecule has 13 heavy (non-hydrogen) atoms. The van der Waals surface area contributed by atoms with Gasteiger partial charge in [0.05, 0.1) is 0 Å². The summed E-state index contributed by atoms with van der Waals surface area (Å²) in [5.41, 5.74) is 0.119. The summed E-state index contributed by atoms with van der Waals surface area (Å²) in [6, 6.07) is 2.76. The summed E-state index contributed by atoms with van der Waals surface area (Å²) in [6.45, 7) is -0.0410. The number of nitrogens with one attached hydrogen (secondary N) is 1. The lowest BCUT2D eigenvalue weighted by molar-refractivity contribution is -0.119. The molecule has 1 fully saturated rings. The largest absolute Gasteiger partial charge is 0.343 e. The van der Waals surface area contributed by atoms with E-state index in [2.05, 4.69) is 10.3 Å². The number of hydrogen-bond acceptors (Lipinski definition) is 3. The highest BCUT2D eigenvalue weighted by Crippen LogP contribution is 2.18. The van der Waals surface area contributed by atoms with E-state index in [1.807, 2.05) is 0 Å². The van der Waals surface area contributed by atoms with Crippen molar-refractivity contribution in [3.63, 3.8) is 0 Å². The number of halogens is 1. The lowest BCUT2D eigenvalue weighted by atomic mass is 10.3. The number of carbonyl (C=O) groups is 1. The van der Waals surface area contributed by atoms with Gasteiger partial charge in [-0.25, -0.2) is 4.39 Å². The summed E-state index contributed by atoms with van der Waals surface area (Å²) in [4.78, 5) is 14.5. The van der Waals surface area contributed by atoms with Crippen LogP contribution in [0.1, 0.15) is 11.9 Å². The summed E-state index contributed by atoms with van der Waals surface area (Å²) in [5.74, 6) is -0.732. The van der Waals surface area contributed by atoms with Crippen LogP contribution in [-0.2, 0) is 9.53 Å². The van der Waals surface area contributed by atoms with Crippen molar-refractivity contribution >= 4 is 5.91 Å². The molecule has 0 radical (unpaired) electrons. The highest BCUT2D eigenvalue weighted by atomic mass is 19.1. The summed E-state index contributed by atoms with van der Waals surface area (Å²) < 4.78 is 18.0. The molecular weight excluding hydrogens is 175 g/mol. The van der Waals surface area contributed by atoms with Crippen molar-refractivity contribution in [1.29, 1.82) is 0 Å². The van der Waals surface area contributed by atoms with E-state index in [1.54, 1.807) is 0 Å². The van der Waals surface area contributed by atoms with Crippen molar-refractivity contribution < 1.29 is 13.9 Å². The Bertz CT molecular complexity index is 343.